The number of hydrogen-bond acceptors (Lipinski definition) is 5. The third-order valence-electron chi connectivity index (χ3n) is 5.10. The Bertz CT molecular complexity index is 1020. The molecule has 1 aliphatic heterocycles. The van der Waals surface area contributed by atoms with Crippen LogP contribution in [0.1, 0.15) is 12.0 Å². The molecule has 1 saturated heterocycles. The number of nitrogens with zero attached hydrogens (tertiary/aromatic N) is 5. The van der Waals surface area contributed by atoms with E-state index in [4.69, 9.17) is 0 Å². The lowest BCUT2D eigenvalue weighted by atomic mass is 10.2. The zero-order valence-electron chi connectivity index (χ0n) is 15.7. The third-order valence-corrected chi connectivity index (χ3v) is 5.10. The molecule has 0 N–H and O–H groups in total. The van der Waals surface area contributed by atoms with Gasteiger partial charge < -0.3 is 4.90 Å². The quantitative estimate of drug-likeness (QED) is 0.690. The summed E-state index contributed by atoms with van der Waals surface area (Å²) in [5, 5.41) is 8.46. The average molecular weight is 377 g/mol. The Hall–Kier alpha value is -3.06. The SMILES string of the molecule is O=C(Cn1nnc2ccccc2c1=O)N1CCCN(Cc2ccccc2)CC1. The number of hydrogen-bond donors (Lipinski definition) is 0. The molecule has 1 fully saturated rings. The van der Waals surface area contributed by atoms with Crippen molar-refractivity contribution in [1.29, 1.82) is 0 Å². The minimum Gasteiger partial charge on any atom is -0.340 e. The standard InChI is InChI=1S/C21H23N5O2/c27-20(16-26-21(28)18-9-4-5-10-19(18)22-23-26)25-12-6-11-24(13-14-25)15-17-7-2-1-3-8-17/h1-5,7-10H,6,11-16H2. The monoisotopic (exact) mass is 377 g/mol. The summed E-state index contributed by atoms with van der Waals surface area (Å²) < 4.78 is 1.16. The molecule has 1 amide bonds. The van der Waals surface area contributed by atoms with Crippen LogP contribution >= 0.6 is 0 Å². The van der Waals surface area contributed by atoms with E-state index in [9.17, 15) is 9.59 Å². The van der Waals surface area contributed by atoms with Gasteiger partial charge in [-0.1, -0.05) is 47.7 Å². The molecule has 7 heteroatoms. The zero-order chi connectivity index (χ0) is 19.3. The first kappa shape index (κ1) is 18.3. The van der Waals surface area contributed by atoms with Crippen molar-refractivity contribution in [2.75, 3.05) is 26.2 Å². The number of fused-ring (bicyclic) bond motifs is 1. The number of carbonyl (C=O) groups is 1. The van der Waals surface area contributed by atoms with Crippen LogP contribution in [0.25, 0.3) is 10.9 Å². The Morgan fingerprint density at radius 2 is 1.71 bits per heavy atom. The highest BCUT2D eigenvalue weighted by atomic mass is 16.2. The maximum atomic E-state index is 12.8. The van der Waals surface area contributed by atoms with E-state index in [1.807, 2.05) is 29.2 Å². The molecule has 7 nitrogen and oxygen atoms in total. The van der Waals surface area contributed by atoms with Gasteiger partial charge in [-0.05, 0) is 24.1 Å². The summed E-state index contributed by atoms with van der Waals surface area (Å²) in [7, 11) is 0. The Morgan fingerprint density at radius 1 is 0.929 bits per heavy atom. The molecule has 2 aromatic carbocycles. The lowest BCUT2D eigenvalue weighted by molar-refractivity contribution is -0.132. The van der Waals surface area contributed by atoms with Gasteiger partial charge in [0.15, 0.2) is 0 Å². The molecular weight excluding hydrogens is 354 g/mol. The molecule has 1 aromatic heterocycles. The number of carbonyl (C=O) groups excluding carboxylic acids is 1. The normalized spacial score (nSPS) is 15.5. The van der Waals surface area contributed by atoms with Gasteiger partial charge in [0.05, 0.1) is 5.39 Å². The van der Waals surface area contributed by atoms with Crippen molar-refractivity contribution < 1.29 is 4.79 Å². The average Bonchev–Trinajstić information content (AvgIpc) is 2.97. The summed E-state index contributed by atoms with van der Waals surface area (Å²) in [6.45, 7) is 3.93. The number of aromatic nitrogens is 3. The molecule has 28 heavy (non-hydrogen) atoms. The zero-order valence-corrected chi connectivity index (χ0v) is 15.7. The Labute approximate surface area is 163 Å². The summed E-state index contributed by atoms with van der Waals surface area (Å²) in [5.74, 6) is -0.0896. The fourth-order valence-electron chi connectivity index (χ4n) is 3.58. The van der Waals surface area contributed by atoms with Crippen molar-refractivity contribution in [3.8, 4) is 0 Å². The second kappa shape index (κ2) is 8.31. The lowest BCUT2D eigenvalue weighted by Crippen LogP contribution is -2.39. The van der Waals surface area contributed by atoms with Gasteiger partial charge in [-0.3, -0.25) is 14.5 Å². The molecule has 0 spiro atoms. The van der Waals surface area contributed by atoms with Crippen molar-refractivity contribution in [1.82, 2.24) is 24.8 Å². The van der Waals surface area contributed by atoms with Crippen LogP contribution < -0.4 is 5.56 Å². The minimum absolute atomic E-state index is 0.0741. The number of amides is 1. The van der Waals surface area contributed by atoms with E-state index in [1.165, 1.54) is 5.56 Å². The van der Waals surface area contributed by atoms with Crippen LogP contribution in [0.15, 0.2) is 59.4 Å². The molecule has 144 valence electrons. The van der Waals surface area contributed by atoms with Crippen LogP contribution in [0, 0.1) is 0 Å². The van der Waals surface area contributed by atoms with Gasteiger partial charge in [-0.15, -0.1) is 5.10 Å². The van der Waals surface area contributed by atoms with Gasteiger partial charge in [0.2, 0.25) is 5.91 Å². The van der Waals surface area contributed by atoms with E-state index < -0.39 is 0 Å². The fraction of sp³-hybridized carbons (Fsp3) is 0.333. The molecule has 2 heterocycles. The summed E-state index contributed by atoms with van der Waals surface area (Å²) in [5.41, 5.74) is 1.54. The van der Waals surface area contributed by atoms with Crippen molar-refractivity contribution in [3.63, 3.8) is 0 Å². The first-order chi connectivity index (χ1) is 13.7. The summed E-state index contributed by atoms with van der Waals surface area (Å²) >= 11 is 0. The highest BCUT2D eigenvalue weighted by molar-refractivity contribution is 5.78. The van der Waals surface area contributed by atoms with E-state index >= 15 is 0 Å². The minimum atomic E-state index is -0.278. The highest BCUT2D eigenvalue weighted by Gasteiger charge is 2.20. The summed E-state index contributed by atoms with van der Waals surface area (Å²) in [6.07, 6.45) is 0.914. The van der Waals surface area contributed by atoms with E-state index in [-0.39, 0.29) is 18.0 Å². The maximum absolute atomic E-state index is 12.8. The lowest BCUT2D eigenvalue weighted by Gasteiger charge is -2.22. The molecule has 0 atom stereocenters. The van der Waals surface area contributed by atoms with Crippen molar-refractivity contribution in [2.24, 2.45) is 0 Å². The topological polar surface area (TPSA) is 71.3 Å². The number of benzene rings is 2. The van der Waals surface area contributed by atoms with E-state index in [0.29, 0.717) is 24.0 Å². The Balaban J connectivity index is 1.40. The number of rotatable bonds is 4. The largest absolute Gasteiger partial charge is 0.340 e. The van der Waals surface area contributed by atoms with Crippen molar-refractivity contribution in [2.45, 2.75) is 19.5 Å². The Kier molecular flexibility index (Phi) is 5.43. The second-order valence-electron chi connectivity index (χ2n) is 7.07. The van der Waals surface area contributed by atoms with Crippen molar-refractivity contribution >= 4 is 16.8 Å². The molecule has 1 aliphatic rings. The molecular formula is C21H23N5O2. The van der Waals surface area contributed by atoms with Gasteiger partial charge in [0.25, 0.3) is 5.56 Å². The van der Waals surface area contributed by atoms with Gasteiger partial charge in [0, 0.05) is 32.7 Å². The molecule has 0 radical (unpaired) electrons. The summed E-state index contributed by atoms with van der Waals surface area (Å²) in [4.78, 5) is 29.5. The predicted octanol–water partition coefficient (Wildman–Crippen LogP) is 1.53. The molecule has 0 bridgehead atoms. The molecule has 0 aliphatic carbocycles. The highest BCUT2D eigenvalue weighted by Crippen LogP contribution is 2.10. The predicted molar refractivity (Wildman–Crippen MR) is 107 cm³/mol. The first-order valence-corrected chi connectivity index (χ1v) is 9.57. The van der Waals surface area contributed by atoms with Crippen LogP contribution in [-0.2, 0) is 17.9 Å². The van der Waals surface area contributed by atoms with E-state index in [1.54, 1.807) is 18.2 Å². The van der Waals surface area contributed by atoms with Crippen LogP contribution in [0.2, 0.25) is 0 Å². The third kappa shape index (κ3) is 4.09. The smallest absolute Gasteiger partial charge is 0.278 e. The Morgan fingerprint density at radius 3 is 2.57 bits per heavy atom. The van der Waals surface area contributed by atoms with Gasteiger partial charge in [-0.2, -0.15) is 0 Å². The van der Waals surface area contributed by atoms with E-state index in [2.05, 4.69) is 27.3 Å². The van der Waals surface area contributed by atoms with Gasteiger partial charge >= 0.3 is 0 Å². The van der Waals surface area contributed by atoms with Crippen molar-refractivity contribution in [3.05, 3.63) is 70.5 Å². The van der Waals surface area contributed by atoms with E-state index in [0.717, 1.165) is 30.7 Å². The summed E-state index contributed by atoms with van der Waals surface area (Å²) in [6, 6.07) is 17.4. The first-order valence-electron chi connectivity index (χ1n) is 9.57. The molecule has 4 rings (SSSR count). The van der Waals surface area contributed by atoms with Crippen LogP contribution in [0.5, 0.6) is 0 Å². The second-order valence-corrected chi connectivity index (χ2v) is 7.07. The van der Waals surface area contributed by atoms with Crippen LogP contribution in [0.3, 0.4) is 0 Å². The van der Waals surface area contributed by atoms with Crippen LogP contribution in [-0.4, -0.2) is 56.9 Å². The molecule has 3 aromatic rings. The van der Waals surface area contributed by atoms with Gasteiger partial charge in [-0.25, -0.2) is 4.68 Å². The maximum Gasteiger partial charge on any atom is 0.278 e. The molecule has 0 unspecified atom stereocenters. The molecule has 0 saturated carbocycles. The fourth-order valence-corrected chi connectivity index (χ4v) is 3.58. The van der Waals surface area contributed by atoms with Crippen LogP contribution in [0.4, 0.5) is 0 Å². The van der Waals surface area contributed by atoms with Gasteiger partial charge in [0.1, 0.15) is 12.1 Å².